The second-order valence-corrected chi connectivity index (χ2v) is 5.60. The first-order valence-corrected chi connectivity index (χ1v) is 7.83. The molecule has 2 aromatic rings. The van der Waals surface area contributed by atoms with Crippen LogP contribution in [0.1, 0.15) is 23.7 Å². The summed E-state index contributed by atoms with van der Waals surface area (Å²) >= 11 is 0. The molecule has 130 valence electrons. The second-order valence-electron chi connectivity index (χ2n) is 5.60. The average molecular weight is 346 g/mol. The largest absolute Gasteiger partial charge is 0.482 e. The molecule has 5 nitrogen and oxygen atoms in total. The molecular formula is C18H16F2N2O3. The number of carbonyl (C=O) groups is 2. The molecule has 2 amide bonds. The SMILES string of the molecule is CCCN1C(=O)COc2ccc(NC(=O)c3ccc(F)c(F)c3)cc21. The molecule has 0 saturated heterocycles. The molecule has 1 N–H and O–H groups in total. The average Bonchev–Trinajstić information content (AvgIpc) is 2.60. The van der Waals surface area contributed by atoms with E-state index in [1.54, 1.807) is 23.1 Å². The maximum Gasteiger partial charge on any atom is 0.265 e. The highest BCUT2D eigenvalue weighted by molar-refractivity contribution is 6.05. The fraction of sp³-hybridized carbons (Fsp3) is 0.222. The van der Waals surface area contributed by atoms with E-state index < -0.39 is 17.5 Å². The van der Waals surface area contributed by atoms with Crippen molar-refractivity contribution in [2.24, 2.45) is 0 Å². The van der Waals surface area contributed by atoms with Gasteiger partial charge in [0.1, 0.15) is 5.75 Å². The smallest absolute Gasteiger partial charge is 0.265 e. The van der Waals surface area contributed by atoms with Crippen LogP contribution in [0.15, 0.2) is 36.4 Å². The fourth-order valence-electron chi connectivity index (χ4n) is 2.59. The molecular weight excluding hydrogens is 330 g/mol. The van der Waals surface area contributed by atoms with Gasteiger partial charge in [-0.05, 0) is 42.8 Å². The molecule has 25 heavy (non-hydrogen) atoms. The van der Waals surface area contributed by atoms with E-state index in [9.17, 15) is 18.4 Å². The fourth-order valence-corrected chi connectivity index (χ4v) is 2.59. The number of carbonyl (C=O) groups excluding carboxylic acids is 2. The second kappa shape index (κ2) is 6.88. The van der Waals surface area contributed by atoms with Gasteiger partial charge in [-0.1, -0.05) is 6.92 Å². The van der Waals surface area contributed by atoms with Crippen molar-refractivity contribution in [2.45, 2.75) is 13.3 Å². The molecule has 0 aromatic heterocycles. The van der Waals surface area contributed by atoms with Gasteiger partial charge in [0.25, 0.3) is 11.8 Å². The Morgan fingerprint density at radius 2 is 2.00 bits per heavy atom. The maximum atomic E-state index is 13.3. The number of hydrogen-bond acceptors (Lipinski definition) is 3. The summed E-state index contributed by atoms with van der Waals surface area (Å²) < 4.78 is 31.6. The Morgan fingerprint density at radius 3 is 2.72 bits per heavy atom. The quantitative estimate of drug-likeness (QED) is 0.924. The highest BCUT2D eigenvalue weighted by Gasteiger charge is 2.25. The lowest BCUT2D eigenvalue weighted by Crippen LogP contribution is -2.39. The number of anilines is 2. The molecule has 1 heterocycles. The van der Waals surface area contributed by atoms with Gasteiger partial charge in [-0.3, -0.25) is 9.59 Å². The van der Waals surface area contributed by atoms with Gasteiger partial charge in [-0.25, -0.2) is 8.78 Å². The molecule has 0 unspecified atom stereocenters. The molecule has 0 saturated carbocycles. The number of amides is 2. The molecule has 0 bridgehead atoms. The summed E-state index contributed by atoms with van der Waals surface area (Å²) in [6.07, 6.45) is 0.774. The molecule has 1 aliphatic rings. The first-order valence-electron chi connectivity index (χ1n) is 7.83. The lowest BCUT2D eigenvalue weighted by molar-refractivity contribution is -0.121. The van der Waals surface area contributed by atoms with Crippen LogP contribution in [0.4, 0.5) is 20.2 Å². The van der Waals surface area contributed by atoms with Crippen LogP contribution in [-0.4, -0.2) is 25.0 Å². The van der Waals surface area contributed by atoms with Gasteiger partial charge in [0.15, 0.2) is 18.2 Å². The van der Waals surface area contributed by atoms with Crippen LogP contribution in [-0.2, 0) is 4.79 Å². The molecule has 0 fully saturated rings. The van der Waals surface area contributed by atoms with Crippen LogP contribution in [0.3, 0.4) is 0 Å². The Morgan fingerprint density at radius 1 is 1.20 bits per heavy atom. The molecule has 0 spiro atoms. The maximum absolute atomic E-state index is 13.3. The predicted molar refractivity (Wildman–Crippen MR) is 88.9 cm³/mol. The van der Waals surface area contributed by atoms with Gasteiger partial charge in [-0.2, -0.15) is 0 Å². The molecule has 2 aromatic carbocycles. The van der Waals surface area contributed by atoms with E-state index in [1.807, 2.05) is 6.92 Å². The molecule has 0 aliphatic carbocycles. The number of ether oxygens (including phenoxy) is 1. The minimum atomic E-state index is -1.09. The standard InChI is InChI=1S/C18H16F2N2O3/c1-2-7-22-15-9-12(4-6-16(15)25-10-17(22)23)21-18(24)11-3-5-13(19)14(20)8-11/h3-6,8-9H,2,7,10H2,1H3,(H,21,24). The molecule has 0 atom stereocenters. The van der Waals surface area contributed by atoms with Gasteiger partial charge in [0.05, 0.1) is 5.69 Å². The Kier molecular flexibility index (Phi) is 4.65. The molecule has 3 rings (SSSR count). The molecule has 0 radical (unpaired) electrons. The lowest BCUT2D eigenvalue weighted by atomic mass is 10.1. The van der Waals surface area contributed by atoms with E-state index in [0.29, 0.717) is 23.7 Å². The van der Waals surface area contributed by atoms with E-state index >= 15 is 0 Å². The lowest BCUT2D eigenvalue weighted by Gasteiger charge is -2.29. The van der Waals surface area contributed by atoms with Gasteiger partial charge >= 0.3 is 0 Å². The van der Waals surface area contributed by atoms with E-state index in [1.165, 1.54) is 6.07 Å². The minimum Gasteiger partial charge on any atom is -0.482 e. The Hall–Kier alpha value is -2.96. The topological polar surface area (TPSA) is 58.6 Å². The van der Waals surface area contributed by atoms with Gasteiger partial charge in [0, 0.05) is 17.8 Å². The Balaban J connectivity index is 1.85. The summed E-state index contributed by atoms with van der Waals surface area (Å²) in [6, 6.07) is 7.83. The van der Waals surface area contributed by atoms with Gasteiger partial charge in [0.2, 0.25) is 0 Å². The van der Waals surface area contributed by atoms with Crippen molar-refractivity contribution in [1.82, 2.24) is 0 Å². The van der Waals surface area contributed by atoms with Crippen LogP contribution in [0.5, 0.6) is 5.75 Å². The van der Waals surface area contributed by atoms with Crippen LogP contribution in [0.2, 0.25) is 0 Å². The zero-order chi connectivity index (χ0) is 18.0. The molecule has 1 aliphatic heterocycles. The van der Waals surface area contributed by atoms with E-state index in [2.05, 4.69) is 5.32 Å². The highest BCUT2D eigenvalue weighted by Crippen LogP contribution is 2.34. The third-order valence-corrected chi connectivity index (χ3v) is 3.79. The zero-order valence-corrected chi connectivity index (χ0v) is 13.5. The normalized spacial score (nSPS) is 13.2. The number of rotatable bonds is 4. The van der Waals surface area contributed by atoms with Crippen LogP contribution in [0.25, 0.3) is 0 Å². The van der Waals surface area contributed by atoms with E-state index in [4.69, 9.17) is 4.74 Å². The number of nitrogens with one attached hydrogen (secondary N) is 1. The van der Waals surface area contributed by atoms with Crippen LogP contribution in [0, 0.1) is 11.6 Å². The minimum absolute atomic E-state index is 0.00522. The predicted octanol–water partition coefficient (Wildman–Crippen LogP) is 3.35. The zero-order valence-electron chi connectivity index (χ0n) is 13.5. The number of hydrogen-bond donors (Lipinski definition) is 1. The van der Waals surface area contributed by atoms with Crippen molar-refractivity contribution < 1.29 is 23.1 Å². The number of benzene rings is 2. The van der Waals surface area contributed by atoms with Crippen LogP contribution >= 0.6 is 0 Å². The van der Waals surface area contributed by atoms with Crippen molar-refractivity contribution in [2.75, 3.05) is 23.4 Å². The van der Waals surface area contributed by atoms with Gasteiger partial charge < -0.3 is 15.0 Å². The summed E-state index contributed by atoms with van der Waals surface area (Å²) in [5.74, 6) is -2.29. The summed E-state index contributed by atoms with van der Waals surface area (Å²) in [5, 5.41) is 2.61. The highest BCUT2D eigenvalue weighted by atomic mass is 19.2. The number of halogens is 2. The summed E-state index contributed by atoms with van der Waals surface area (Å²) in [4.78, 5) is 25.8. The van der Waals surface area contributed by atoms with Crippen molar-refractivity contribution in [3.8, 4) is 5.75 Å². The van der Waals surface area contributed by atoms with Gasteiger partial charge in [-0.15, -0.1) is 0 Å². The van der Waals surface area contributed by atoms with Crippen LogP contribution < -0.4 is 15.0 Å². The van der Waals surface area contributed by atoms with Crippen molar-refractivity contribution in [3.63, 3.8) is 0 Å². The van der Waals surface area contributed by atoms with Crippen molar-refractivity contribution in [1.29, 1.82) is 0 Å². The number of nitrogens with zero attached hydrogens (tertiary/aromatic N) is 1. The Bertz CT molecular complexity index is 839. The monoisotopic (exact) mass is 346 g/mol. The Labute approximate surface area is 143 Å². The first-order chi connectivity index (χ1) is 12.0. The molecule has 7 heteroatoms. The van der Waals surface area contributed by atoms with Crippen molar-refractivity contribution in [3.05, 3.63) is 53.6 Å². The summed E-state index contributed by atoms with van der Waals surface area (Å²) in [5.41, 5.74) is 0.989. The summed E-state index contributed by atoms with van der Waals surface area (Å²) in [6.45, 7) is 2.47. The van der Waals surface area contributed by atoms with Crippen molar-refractivity contribution >= 4 is 23.2 Å². The third kappa shape index (κ3) is 3.45. The van der Waals surface area contributed by atoms with E-state index in [-0.39, 0.29) is 18.1 Å². The first kappa shape index (κ1) is 16.9. The number of fused-ring (bicyclic) bond motifs is 1. The van der Waals surface area contributed by atoms with E-state index in [0.717, 1.165) is 18.6 Å². The summed E-state index contributed by atoms with van der Waals surface area (Å²) in [7, 11) is 0. The third-order valence-electron chi connectivity index (χ3n) is 3.79.